The highest BCUT2D eigenvalue weighted by Gasteiger charge is 2.09. The molecule has 0 aliphatic carbocycles. The third kappa shape index (κ3) is 5.30. The van der Waals surface area contributed by atoms with Gasteiger partial charge in [-0.05, 0) is 12.1 Å². The molecule has 0 atom stereocenters. The van der Waals surface area contributed by atoms with Crippen LogP contribution in [0.3, 0.4) is 0 Å². The number of hydrogen-bond acceptors (Lipinski definition) is 6. The lowest BCUT2D eigenvalue weighted by molar-refractivity contribution is -0.142. The Bertz CT molecular complexity index is 433. The number of ether oxygens (including phenoxy) is 1. The first kappa shape index (κ1) is 14.8. The first-order valence-corrected chi connectivity index (χ1v) is 5.59. The quantitative estimate of drug-likeness (QED) is 0.653. The summed E-state index contributed by atoms with van der Waals surface area (Å²) >= 11 is 0. The van der Waals surface area contributed by atoms with E-state index in [1.165, 1.54) is 4.90 Å². The van der Waals surface area contributed by atoms with Crippen LogP contribution in [0.1, 0.15) is 10.5 Å². The Morgan fingerprint density at radius 3 is 2.63 bits per heavy atom. The number of nitrogens with one attached hydrogen (secondary N) is 1. The van der Waals surface area contributed by atoms with Crippen molar-refractivity contribution in [3.63, 3.8) is 0 Å². The van der Waals surface area contributed by atoms with Crippen molar-refractivity contribution in [1.82, 2.24) is 15.1 Å². The van der Waals surface area contributed by atoms with Crippen molar-refractivity contribution in [1.29, 1.82) is 0 Å². The normalized spacial score (nSPS) is 10.0. The summed E-state index contributed by atoms with van der Waals surface area (Å²) in [5.74, 6) is -0.732. The van der Waals surface area contributed by atoms with Gasteiger partial charge in [0.05, 0.1) is 6.61 Å². The van der Waals surface area contributed by atoms with Crippen molar-refractivity contribution in [2.75, 3.05) is 39.2 Å². The second-order valence-electron chi connectivity index (χ2n) is 3.88. The largest absolute Gasteiger partial charge is 0.480 e. The molecule has 0 spiro atoms. The molecular formula is C11H16N4O4. The first-order chi connectivity index (χ1) is 9.00. The molecule has 0 aliphatic heterocycles. The molecule has 0 aliphatic rings. The second kappa shape index (κ2) is 7.27. The number of aliphatic carboxylic acids is 1. The molecule has 0 bridgehead atoms. The zero-order valence-electron chi connectivity index (χ0n) is 10.8. The SMILES string of the molecule is CN(C)C(=O)c1ccc(NCCOCC(=O)O)nn1. The molecule has 0 radical (unpaired) electrons. The van der Waals surface area contributed by atoms with Crippen LogP contribution in [0, 0.1) is 0 Å². The summed E-state index contributed by atoms with van der Waals surface area (Å²) in [5.41, 5.74) is 0.262. The van der Waals surface area contributed by atoms with E-state index in [4.69, 9.17) is 9.84 Å². The summed E-state index contributed by atoms with van der Waals surface area (Å²) in [4.78, 5) is 23.1. The molecule has 8 heteroatoms. The van der Waals surface area contributed by atoms with Crippen LogP contribution in [0.25, 0.3) is 0 Å². The van der Waals surface area contributed by atoms with Crippen LogP contribution >= 0.6 is 0 Å². The van der Waals surface area contributed by atoms with E-state index in [1.807, 2.05) is 0 Å². The summed E-state index contributed by atoms with van der Waals surface area (Å²) in [6.45, 7) is 0.318. The van der Waals surface area contributed by atoms with E-state index >= 15 is 0 Å². The van der Waals surface area contributed by atoms with Gasteiger partial charge in [0.15, 0.2) is 5.69 Å². The van der Waals surface area contributed by atoms with Gasteiger partial charge in [-0.25, -0.2) is 4.79 Å². The fourth-order valence-electron chi connectivity index (χ4n) is 1.18. The van der Waals surface area contributed by atoms with E-state index in [0.717, 1.165) is 0 Å². The van der Waals surface area contributed by atoms with Gasteiger partial charge in [-0.15, -0.1) is 10.2 Å². The topological polar surface area (TPSA) is 105 Å². The highest BCUT2D eigenvalue weighted by atomic mass is 16.5. The summed E-state index contributed by atoms with van der Waals surface area (Å²) in [6, 6.07) is 3.19. The van der Waals surface area contributed by atoms with E-state index in [-0.39, 0.29) is 24.8 Å². The van der Waals surface area contributed by atoms with Gasteiger partial charge in [0.25, 0.3) is 5.91 Å². The first-order valence-electron chi connectivity index (χ1n) is 5.59. The van der Waals surface area contributed by atoms with Crippen molar-refractivity contribution in [2.45, 2.75) is 0 Å². The van der Waals surface area contributed by atoms with Crippen LogP contribution in [0.5, 0.6) is 0 Å². The van der Waals surface area contributed by atoms with Crippen LogP contribution in [0.4, 0.5) is 5.82 Å². The number of carbonyl (C=O) groups is 2. The van der Waals surface area contributed by atoms with Gasteiger partial charge < -0.3 is 20.1 Å². The maximum atomic E-state index is 11.5. The zero-order valence-corrected chi connectivity index (χ0v) is 10.8. The van der Waals surface area contributed by atoms with Gasteiger partial charge in [-0.1, -0.05) is 0 Å². The Kier molecular flexibility index (Phi) is 5.68. The maximum absolute atomic E-state index is 11.5. The Hall–Kier alpha value is -2.22. The predicted molar refractivity (Wildman–Crippen MR) is 67.0 cm³/mol. The minimum atomic E-state index is -1.01. The van der Waals surface area contributed by atoms with Gasteiger partial charge in [0.1, 0.15) is 12.4 Å². The number of anilines is 1. The van der Waals surface area contributed by atoms with Gasteiger partial charge in [-0.2, -0.15) is 0 Å². The summed E-state index contributed by atoms with van der Waals surface area (Å²) < 4.78 is 4.84. The Morgan fingerprint density at radius 1 is 1.37 bits per heavy atom. The smallest absolute Gasteiger partial charge is 0.329 e. The summed E-state index contributed by atoms with van der Waals surface area (Å²) in [6.07, 6.45) is 0. The number of hydrogen-bond donors (Lipinski definition) is 2. The van der Waals surface area contributed by atoms with Gasteiger partial charge >= 0.3 is 5.97 Å². The van der Waals surface area contributed by atoms with E-state index in [0.29, 0.717) is 12.4 Å². The van der Waals surface area contributed by atoms with E-state index in [2.05, 4.69) is 15.5 Å². The summed E-state index contributed by atoms with van der Waals surface area (Å²) in [5, 5.41) is 18.9. The van der Waals surface area contributed by atoms with Crippen LogP contribution in [-0.4, -0.2) is 65.9 Å². The maximum Gasteiger partial charge on any atom is 0.329 e. The molecule has 0 saturated heterocycles. The van der Waals surface area contributed by atoms with Crippen LogP contribution in [-0.2, 0) is 9.53 Å². The molecule has 2 N–H and O–H groups in total. The number of carboxylic acids is 1. The molecule has 1 aromatic heterocycles. The minimum absolute atomic E-state index is 0.219. The Labute approximate surface area is 110 Å². The average molecular weight is 268 g/mol. The molecule has 1 aromatic rings. The molecule has 19 heavy (non-hydrogen) atoms. The second-order valence-corrected chi connectivity index (χ2v) is 3.88. The highest BCUT2D eigenvalue weighted by Crippen LogP contribution is 2.03. The number of carboxylic acid groups (broad SMARTS) is 1. The number of amides is 1. The third-order valence-electron chi connectivity index (χ3n) is 2.07. The number of carbonyl (C=O) groups excluding carboxylic acids is 1. The standard InChI is InChI=1S/C11H16N4O4/c1-15(2)11(18)8-3-4-9(14-13-8)12-5-6-19-7-10(16)17/h3-4H,5-7H2,1-2H3,(H,12,14)(H,16,17). The minimum Gasteiger partial charge on any atom is -0.480 e. The lowest BCUT2D eigenvalue weighted by Gasteiger charge is -2.09. The van der Waals surface area contributed by atoms with Crippen molar-refractivity contribution >= 4 is 17.7 Å². The summed E-state index contributed by atoms with van der Waals surface area (Å²) in [7, 11) is 3.27. The molecule has 1 amide bonds. The molecule has 0 saturated carbocycles. The average Bonchev–Trinajstić information content (AvgIpc) is 2.37. The number of aromatic nitrogens is 2. The molecule has 104 valence electrons. The molecule has 0 unspecified atom stereocenters. The molecule has 0 fully saturated rings. The van der Waals surface area contributed by atoms with Gasteiger partial charge in [0, 0.05) is 20.6 Å². The molecule has 1 heterocycles. The third-order valence-corrected chi connectivity index (χ3v) is 2.07. The molecular weight excluding hydrogens is 252 g/mol. The number of nitrogens with zero attached hydrogens (tertiary/aromatic N) is 3. The Balaban J connectivity index is 2.36. The monoisotopic (exact) mass is 268 g/mol. The molecule has 1 rings (SSSR count). The highest BCUT2D eigenvalue weighted by molar-refractivity contribution is 5.91. The van der Waals surface area contributed by atoms with E-state index in [9.17, 15) is 9.59 Å². The van der Waals surface area contributed by atoms with Crippen LogP contribution < -0.4 is 5.32 Å². The number of rotatable bonds is 7. The fraction of sp³-hybridized carbons (Fsp3) is 0.455. The molecule has 8 nitrogen and oxygen atoms in total. The zero-order chi connectivity index (χ0) is 14.3. The predicted octanol–water partition coefficient (Wildman–Crippen LogP) is -0.309. The Morgan fingerprint density at radius 2 is 2.11 bits per heavy atom. The van der Waals surface area contributed by atoms with Gasteiger partial charge in [-0.3, -0.25) is 4.79 Å². The van der Waals surface area contributed by atoms with Crippen molar-refractivity contribution in [3.05, 3.63) is 17.8 Å². The van der Waals surface area contributed by atoms with Crippen molar-refractivity contribution < 1.29 is 19.4 Å². The van der Waals surface area contributed by atoms with Crippen molar-refractivity contribution in [3.8, 4) is 0 Å². The van der Waals surface area contributed by atoms with E-state index < -0.39 is 5.97 Å². The lowest BCUT2D eigenvalue weighted by Crippen LogP contribution is -2.23. The van der Waals surface area contributed by atoms with E-state index in [1.54, 1.807) is 26.2 Å². The van der Waals surface area contributed by atoms with Crippen LogP contribution in [0.2, 0.25) is 0 Å². The fourth-order valence-corrected chi connectivity index (χ4v) is 1.18. The van der Waals surface area contributed by atoms with Crippen molar-refractivity contribution in [2.24, 2.45) is 0 Å². The van der Waals surface area contributed by atoms with Crippen LogP contribution in [0.15, 0.2) is 12.1 Å². The lowest BCUT2D eigenvalue weighted by atomic mass is 10.3. The van der Waals surface area contributed by atoms with Gasteiger partial charge in [0.2, 0.25) is 0 Å². The molecule has 0 aromatic carbocycles.